The Morgan fingerprint density at radius 3 is 2.56 bits per heavy atom. The Labute approximate surface area is 70.7 Å². The molecule has 0 radical (unpaired) electrons. The third-order valence-corrected chi connectivity index (χ3v) is 3.50. The van der Waals surface area contributed by atoms with Crippen LogP contribution in [-0.4, -0.2) is 18.1 Å². The maximum Gasteiger partial charge on any atom is 0.0172 e. The van der Waals surface area contributed by atoms with Gasteiger partial charge in [0.2, 0.25) is 0 Å². The van der Waals surface area contributed by atoms with Crippen LogP contribution < -0.4 is 4.72 Å². The molecule has 0 spiro atoms. The summed E-state index contributed by atoms with van der Waals surface area (Å²) in [5, 5.41) is 0. The molecule has 0 atom stereocenters. The highest BCUT2D eigenvalue weighted by Gasteiger charge is 1.86. The van der Waals surface area contributed by atoms with Crippen molar-refractivity contribution in [1.29, 1.82) is 0 Å². The molecule has 0 rings (SSSR count). The predicted molar refractivity (Wildman–Crippen MR) is 52.2 cm³/mol. The molecule has 0 aromatic rings. The molecule has 0 unspecified atom stereocenters. The minimum atomic E-state index is 0.991. The molecule has 1 N–H and O–H groups in total. The summed E-state index contributed by atoms with van der Waals surface area (Å²) in [7, 11) is 3.84. The number of thiol groups is 1. The molecule has 0 saturated carbocycles. The van der Waals surface area contributed by atoms with Crippen LogP contribution >= 0.6 is 34.4 Å². The average molecular weight is 183 g/mol. The van der Waals surface area contributed by atoms with Crippen molar-refractivity contribution in [3.8, 4) is 0 Å². The summed E-state index contributed by atoms with van der Waals surface area (Å²) in [6, 6.07) is 0. The van der Waals surface area contributed by atoms with Crippen LogP contribution in [0.2, 0.25) is 0 Å². The van der Waals surface area contributed by atoms with Crippen molar-refractivity contribution in [3.05, 3.63) is 0 Å². The summed E-state index contributed by atoms with van der Waals surface area (Å²) in [4.78, 5) is 0. The highest BCUT2D eigenvalue weighted by Crippen LogP contribution is 2.20. The Kier molecular flexibility index (Phi) is 10.0. The van der Waals surface area contributed by atoms with Gasteiger partial charge < -0.3 is 0 Å². The van der Waals surface area contributed by atoms with E-state index in [0.717, 1.165) is 12.3 Å². The van der Waals surface area contributed by atoms with E-state index >= 15 is 0 Å². The normalized spacial score (nSPS) is 10.0. The molecule has 0 aromatic heterocycles. The predicted octanol–water partition coefficient (Wildman–Crippen LogP) is 2.21. The van der Waals surface area contributed by atoms with E-state index in [1.54, 1.807) is 0 Å². The van der Waals surface area contributed by atoms with E-state index in [1.165, 1.54) is 12.2 Å². The van der Waals surface area contributed by atoms with Gasteiger partial charge in [0.25, 0.3) is 0 Å². The van der Waals surface area contributed by atoms with Crippen LogP contribution in [-0.2, 0) is 0 Å². The lowest BCUT2D eigenvalue weighted by Gasteiger charge is -1.96. The van der Waals surface area contributed by atoms with Crippen LogP contribution in [0, 0.1) is 0 Å². The van der Waals surface area contributed by atoms with Crippen LogP contribution in [0.5, 0.6) is 0 Å². The van der Waals surface area contributed by atoms with Gasteiger partial charge >= 0.3 is 0 Å². The van der Waals surface area contributed by atoms with E-state index in [4.69, 9.17) is 0 Å². The average Bonchev–Trinajstić information content (AvgIpc) is 1.89. The van der Waals surface area contributed by atoms with Crippen molar-refractivity contribution >= 4 is 34.4 Å². The van der Waals surface area contributed by atoms with E-state index in [-0.39, 0.29) is 0 Å². The third kappa shape index (κ3) is 9.01. The second-order valence-electron chi connectivity index (χ2n) is 1.55. The summed E-state index contributed by atoms with van der Waals surface area (Å²) >= 11 is 3.87. The van der Waals surface area contributed by atoms with Crippen LogP contribution in [0.4, 0.5) is 0 Å². The van der Waals surface area contributed by atoms with Gasteiger partial charge in [-0.3, -0.25) is 4.72 Å². The molecule has 0 bridgehead atoms. The van der Waals surface area contributed by atoms with Crippen LogP contribution in [0.15, 0.2) is 0 Å². The van der Waals surface area contributed by atoms with Gasteiger partial charge in [-0.1, -0.05) is 41.3 Å². The Balaban J connectivity index is 2.60. The number of rotatable bonds is 6. The molecule has 0 heterocycles. The Morgan fingerprint density at radius 2 is 2.00 bits per heavy atom. The largest absolute Gasteiger partial charge is 0.266 e. The van der Waals surface area contributed by atoms with Gasteiger partial charge in [-0.2, -0.15) is 0 Å². The molecule has 0 fully saturated rings. The Morgan fingerprint density at radius 1 is 1.33 bits per heavy atom. The molecule has 0 aliphatic rings. The summed E-state index contributed by atoms with van der Waals surface area (Å²) in [6.07, 6.45) is 1.27. The van der Waals surface area contributed by atoms with Crippen molar-refractivity contribution in [2.45, 2.75) is 13.3 Å². The summed E-state index contributed by atoms with van der Waals surface area (Å²) in [6.45, 7) is 3.19. The number of hydrogen-bond acceptors (Lipinski definition) is 4. The second-order valence-corrected chi connectivity index (χ2v) is 4.57. The van der Waals surface area contributed by atoms with Gasteiger partial charge in [-0.15, -0.1) is 0 Å². The van der Waals surface area contributed by atoms with Gasteiger partial charge in [-0.05, 0) is 6.42 Å². The third-order valence-electron chi connectivity index (χ3n) is 0.668. The van der Waals surface area contributed by atoms with E-state index < -0.39 is 0 Å². The van der Waals surface area contributed by atoms with E-state index in [9.17, 15) is 0 Å². The molecule has 9 heavy (non-hydrogen) atoms. The lowest BCUT2D eigenvalue weighted by Crippen LogP contribution is -2.02. The molecule has 0 aliphatic carbocycles. The lowest BCUT2D eigenvalue weighted by atomic mass is 10.6. The molecule has 1 nitrogen and oxygen atoms in total. The van der Waals surface area contributed by atoms with Gasteiger partial charge in [0.05, 0.1) is 0 Å². The molecular weight excluding hydrogens is 170 g/mol. The molecule has 4 heteroatoms. The second kappa shape index (κ2) is 9.01. The number of hydrogen-bond donors (Lipinski definition) is 2. The first-order valence-corrected chi connectivity index (χ1v) is 5.96. The van der Waals surface area contributed by atoms with Crippen LogP contribution in [0.25, 0.3) is 0 Å². The molecule has 56 valence electrons. The van der Waals surface area contributed by atoms with Crippen molar-refractivity contribution in [2.75, 3.05) is 18.1 Å². The minimum absolute atomic E-state index is 0.991. The molecule has 0 aliphatic heterocycles. The zero-order chi connectivity index (χ0) is 6.95. The van der Waals surface area contributed by atoms with Gasteiger partial charge in [0, 0.05) is 18.1 Å². The summed E-state index contributed by atoms with van der Waals surface area (Å²) in [5.74, 6) is 2.41. The zero-order valence-corrected chi connectivity index (χ0v) is 8.12. The van der Waals surface area contributed by atoms with E-state index in [1.807, 2.05) is 21.6 Å². The monoisotopic (exact) mass is 183 g/mol. The maximum atomic E-state index is 3.87. The van der Waals surface area contributed by atoms with E-state index in [2.05, 4.69) is 24.5 Å². The fourth-order valence-electron chi connectivity index (χ4n) is 0.288. The first-order chi connectivity index (χ1) is 4.41. The van der Waals surface area contributed by atoms with Crippen molar-refractivity contribution in [2.24, 2.45) is 0 Å². The van der Waals surface area contributed by atoms with Crippen molar-refractivity contribution < 1.29 is 0 Å². The van der Waals surface area contributed by atoms with Crippen LogP contribution in [0.3, 0.4) is 0 Å². The Bertz CT molecular complexity index is 45.5. The standard InChI is InChI=1S/C5H13NS3/c1-2-4-8-9-5-3-6-7/h6-7H,2-5H2,1H3. The molecule has 0 saturated heterocycles. The van der Waals surface area contributed by atoms with Crippen LogP contribution in [0.1, 0.15) is 13.3 Å². The van der Waals surface area contributed by atoms with Crippen molar-refractivity contribution in [1.82, 2.24) is 4.72 Å². The van der Waals surface area contributed by atoms with Crippen molar-refractivity contribution in [3.63, 3.8) is 0 Å². The maximum absolute atomic E-state index is 3.87. The summed E-state index contributed by atoms with van der Waals surface area (Å²) < 4.78 is 2.80. The molecule has 0 aromatic carbocycles. The Hall–Kier alpha value is 1.01. The first kappa shape index (κ1) is 10.0. The lowest BCUT2D eigenvalue weighted by molar-refractivity contribution is 1.06. The van der Waals surface area contributed by atoms with Gasteiger partial charge in [-0.25, -0.2) is 0 Å². The molecular formula is C5H13NS3. The highest BCUT2D eigenvalue weighted by atomic mass is 33.1. The van der Waals surface area contributed by atoms with Gasteiger partial charge in [0.1, 0.15) is 0 Å². The fourth-order valence-corrected chi connectivity index (χ4v) is 2.60. The fraction of sp³-hybridized carbons (Fsp3) is 1.00. The first-order valence-electron chi connectivity index (χ1n) is 3.03. The number of nitrogens with one attached hydrogen (secondary N) is 1. The quantitative estimate of drug-likeness (QED) is 0.372. The topological polar surface area (TPSA) is 12.0 Å². The summed E-state index contributed by atoms with van der Waals surface area (Å²) in [5.41, 5.74) is 0. The van der Waals surface area contributed by atoms with E-state index in [0.29, 0.717) is 0 Å². The van der Waals surface area contributed by atoms with Gasteiger partial charge in [0.15, 0.2) is 0 Å². The minimum Gasteiger partial charge on any atom is -0.266 e. The molecule has 0 amide bonds. The SMILES string of the molecule is CCCSSCCNS. The zero-order valence-electron chi connectivity index (χ0n) is 5.59. The highest BCUT2D eigenvalue weighted by molar-refractivity contribution is 8.76. The smallest absolute Gasteiger partial charge is 0.0172 e.